The minimum atomic E-state index is -0.415. The molecule has 18 heavy (non-hydrogen) atoms. The highest BCUT2D eigenvalue weighted by molar-refractivity contribution is 5.94. The third-order valence-corrected chi connectivity index (χ3v) is 2.56. The average Bonchev–Trinajstić information content (AvgIpc) is 2.38. The number of carbonyl (C=O) groups is 1. The topological polar surface area (TPSA) is 42.0 Å². The molecule has 1 aromatic carbocycles. The molecular weight excluding hydrogens is 231 g/mol. The summed E-state index contributed by atoms with van der Waals surface area (Å²) < 4.78 is 13.3. The quantitative estimate of drug-likeness (QED) is 0.901. The second-order valence-electron chi connectivity index (χ2n) is 3.98. The Labute approximate surface area is 105 Å². The van der Waals surface area contributed by atoms with Gasteiger partial charge in [0, 0.05) is 11.8 Å². The Morgan fingerprint density at radius 3 is 2.67 bits per heavy atom. The third kappa shape index (κ3) is 2.91. The molecule has 2 rings (SSSR count). The molecule has 0 radical (unpaired) electrons. The van der Waals surface area contributed by atoms with E-state index in [1.165, 1.54) is 18.3 Å². The first kappa shape index (κ1) is 12.2. The van der Waals surface area contributed by atoms with Crippen LogP contribution in [-0.2, 0) is 6.54 Å². The number of nitrogens with one attached hydrogen (secondary N) is 1. The summed E-state index contributed by atoms with van der Waals surface area (Å²) in [6.45, 7) is 2.03. The van der Waals surface area contributed by atoms with Gasteiger partial charge in [0.25, 0.3) is 5.91 Å². The minimum Gasteiger partial charge on any atom is -0.346 e. The number of aromatic nitrogens is 1. The van der Waals surface area contributed by atoms with Gasteiger partial charge in [0.2, 0.25) is 0 Å². The van der Waals surface area contributed by atoms with Crippen molar-refractivity contribution in [3.63, 3.8) is 0 Å². The molecule has 0 aliphatic carbocycles. The van der Waals surface area contributed by atoms with Crippen LogP contribution in [0.1, 0.15) is 21.6 Å². The fourth-order valence-corrected chi connectivity index (χ4v) is 1.52. The Balaban J connectivity index is 2.01. The second-order valence-corrected chi connectivity index (χ2v) is 3.98. The smallest absolute Gasteiger partial charge is 0.251 e. The molecule has 1 N–H and O–H groups in total. The van der Waals surface area contributed by atoms with Crippen molar-refractivity contribution >= 4 is 5.91 Å². The average molecular weight is 244 g/mol. The number of benzene rings is 1. The van der Waals surface area contributed by atoms with E-state index < -0.39 is 5.82 Å². The fourth-order valence-electron chi connectivity index (χ4n) is 1.52. The van der Waals surface area contributed by atoms with Gasteiger partial charge in [-0.1, -0.05) is 17.7 Å². The first-order valence-electron chi connectivity index (χ1n) is 5.61. The number of hydrogen-bond donors (Lipinski definition) is 1. The fraction of sp³-hybridized carbons (Fsp3) is 0.143. The van der Waals surface area contributed by atoms with Gasteiger partial charge < -0.3 is 5.32 Å². The molecule has 1 aromatic heterocycles. The van der Waals surface area contributed by atoms with Gasteiger partial charge in [0.05, 0.1) is 12.2 Å². The first-order chi connectivity index (χ1) is 8.66. The van der Waals surface area contributed by atoms with Crippen LogP contribution in [0.5, 0.6) is 0 Å². The van der Waals surface area contributed by atoms with Gasteiger partial charge >= 0.3 is 0 Å². The summed E-state index contributed by atoms with van der Waals surface area (Å²) in [4.78, 5) is 15.6. The zero-order valence-corrected chi connectivity index (χ0v) is 9.98. The lowest BCUT2D eigenvalue weighted by Crippen LogP contribution is -2.23. The Bertz CT molecular complexity index is 552. The minimum absolute atomic E-state index is 0.0827. The summed E-state index contributed by atoms with van der Waals surface area (Å²) in [6.07, 6.45) is 1.50. The zero-order chi connectivity index (χ0) is 13.0. The SMILES string of the molecule is Cc1ccc(C(=O)NCc2ncccc2F)cc1. The van der Waals surface area contributed by atoms with Crippen LogP contribution >= 0.6 is 0 Å². The summed E-state index contributed by atoms with van der Waals surface area (Å²) in [5.41, 5.74) is 1.87. The number of aryl methyl sites for hydroxylation is 1. The molecule has 0 unspecified atom stereocenters. The van der Waals surface area contributed by atoms with Gasteiger partial charge in [-0.05, 0) is 31.2 Å². The Morgan fingerprint density at radius 1 is 1.28 bits per heavy atom. The number of nitrogens with zero attached hydrogens (tertiary/aromatic N) is 1. The van der Waals surface area contributed by atoms with Gasteiger partial charge in [0.15, 0.2) is 0 Å². The molecule has 3 nitrogen and oxygen atoms in total. The molecule has 0 saturated heterocycles. The maximum absolute atomic E-state index is 13.3. The van der Waals surface area contributed by atoms with Gasteiger partial charge in [-0.2, -0.15) is 0 Å². The highest BCUT2D eigenvalue weighted by Crippen LogP contribution is 2.05. The molecule has 0 atom stereocenters. The summed E-state index contributed by atoms with van der Waals surface area (Å²) in [7, 11) is 0. The Hall–Kier alpha value is -2.23. The molecule has 0 bridgehead atoms. The standard InChI is InChI=1S/C14H13FN2O/c1-10-4-6-11(7-5-10)14(18)17-9-13-12(15)3-2-8-16-13/h2-8H,9H2,1H3,(H,17,18). The number of amides is 1. The molecule has 1 amide bonds. The van der Waals surface area contributed by atoms with Crippen LogP contribution in [0.3, 0.4) is 0 Å². The van der Waals surface area contributed by atoms with Crippen LogP contribution in [0, 0.1) is 12.7 Å². The van der Waals surface area contributed by atoms with E-state index in [1.807, 2.05) is 19.1 Å². The van der Waals surface area contributed by atoms with Crippen LogP contribution in [0.15, 0.2) is 42.6 Å². The monoisotopic (exact) mass is 244 g/mol. The lowest BCUT2D eigenvalue weighted by molar-refractivity contribution is 0.0950. The van der Waals surface area contributed by atoms with E-state index in [4.69, 9.17) is 0 Å². The third-order valence-electron chi connectivity index (χ3n) is 2.56. The molecule has 92 valence electrons. The predicted molar refractivity (Wildman–Crippen MR) is 66.5 cm³/mol. The second kappa shape index (κ2) is 5.40. The van der Waals surface area contributed by atoms with E-state index in [9.17, 15) is 9.18 Å². The van der Waals surface area contributed by atoms with Crippen molar-refractivity contribution in [1.29, 1.82) is 0 Å². The highest BCUT2D eigenvalue weighted by Gasteiger charge is 2.07. The van der Waals surface area contributed by atoms with Crippen molar-refractivity contribution in [2.45, 2.75) is 13.5 Å². The molecular formula is C14H13FN2O. The lowest BCUT2D eigenvalue weighted by Gasteiger charge is -2.05. The molecule has 0 fully saturated rings. The molecule has 2 aromatic rings. The highest BCUT2D eigenvalue weighted by atomic mass is 19.1. The van der Waals surface area contributed by atoms with E-state index in [0.29, 0.717) is 5.56 Å². The summed E-state index contributed by atoms with van der Waals surface area (Å²) in [5.74, 6) is -0.651. The predicted octanol–water partition coefficient (Wildman–Crippen LogP) is 2.46. The molecule has 1 heterocycles. The van der Waals surface area contributed by atoms with Crippen molar-refractivity contribution in [2.24, 2.45) is 0 Å². The Kier molecular flexibility index (Phi) is 3.67. The summed E-state index contributed by atoms with van der Waals surface area (Å²) in [6, 6.07) is 10.0. The van der Waals surface area contributed by atoms with Crippen LogP contribution in [0.4, 0.5) is 4.39 Å². The first-order valence-corrected chi connectivity index (χ1v) is 5.61. The van der Waals surface area contributed by atoms with E-state index in [-0.39, 0.29) is 18.1 Å². The largest absolute Gasteiger partial charge is 0.346 e. The molecule has 0 aliphatic rings. The van der Waals surface area contributed by atoms with Crippen LogP contribution < -0.4 is 5.32 Å². The van der Waals surface area contributed by atoms with E-state index in [1.54, 1.807) is 12.1 Å². The Morgan fingerprint density at radius 2 is 2.00 bits per heavy atom. The number of halogens is 1. The molecule has 0 spiro atoms. The lowest BCUT2D eigenvalue weighted by atomic mass is 10.1. The number of rotatable bonds is 3. The van der Waals surface area contributed by atoms with E-state index in [2.05, 4.69) is 10.3 Å². The van der Waals surface area contributed by atoms with Crippen molar-refractivity contribution in [2.75, 3.05) is 0 Å². The maximum Gasteiger partial charge on any atom is 0.251 e. The summed E-state index contributed by atoms with van der Waals surface area (Å²) >= 11 is 0. The van der Waals surface area contributed by atoms with Crippen molar-refractivity contribution in [1.82, 2.24) is 10.3 Å². The summed E-state index contributed by atoms with van der Waals surface area (Å²) in [5, 5.41) is 2.63. The van der Waals surface area contributed by atoms with E-state index in [0.717, 1.165) is 5.56 Å². The number of hydrogen-bond acceptors (Lipinski definition) is 2. The molecule has 0 saturated carbocycles. The van der Waals surface area contributed by atoms with Crippen molar-refractivity contribution < 1.29 is 9.18 Å². The normalized spacial score (nSPS) is 10.1. The van der Waals surface area contributed by atoms with Gasteiger partial charge in [-0.3, -0.25) is 9.78 Å². The number of pyridine rings is 1. The van der Waals surface area contributed by atoms with Crippen LogP contribution in [-0.4, -0.2) is 10.9 Å². The van der Waals surface area contributed by atoms with Crippen LogP contribution in [0.2, 0.25) is 0 Å². The van der Waals surface area contributed by atoms with E-state index >= 15 is 0 Å². The maximum atomic E-state index is 13.3. The zero-order valence-electron chi connectivity index (χ0n) is 9.98. The van der Waals surface area contributed by atoms with Gasteiger partial charge in [0.1, 0.15) is 5.82 Å². The number of carbonyl (C=O) groups excluding carboxylic acids is 1. The van der Waals surface area contributed by atoms with Crippen LogP contribution in [0.25, 0.3) is 0 Å². The van der Waals surface area contributed by atoms with Crippen molar-refractivity contribution in [3.8, 4) is 0 Å². The molecule has 0 aliphatic heterocycles. The molecule has 4 heteroatoms. The van der Waals surface area contributed by atoms with Crippen molar-refractivity contribution in [3.05, 3.63) is 65.2 Å². The van der Waals surface area contributed by atoms with Gasteiger partial charge in [-0.25, -0.2) is 4.39 Å². The van der Waals surface area contributed by atoms with Gasteiger partial charge in [-0.15, -0.1) is 0 Å².